The number of rotatable bonds is 6. The highest BCUT2D eigenvalue weighted by Gasteiger charge is 2.27. The van der Waals surface area contributed by atoms with Crippen LogP contribution in [0.1, 0.15) is 44.9 Å². The maximum atomic E-state index is 13.7. The summed E-state index contributed by atoms with van der Waals surface area (Å²) >= 11 is -1.45. The molecule has 0 aliphatic rings. The van der Waals surface area contributed by atoms with Gasteiger partial charge in [0.2, 0.25) is 0 Å². The lowest BCUT2D eigenvalue weighted by molar-refractivity contribution is 0.300. The van der Waals surface area contributed by atoms with Crippen LogP contribution in [0.25, 0.3) is 0 Å². The van der Waals surface area contributed by atoms with Crippen LogP contribution in [-0.2, 0) is 18.0 Å². The van der Waals surface area contributed by atoms with Gasteiger partial charge in [-0.05, 0) is 51.5 Å². The monoisotopic (exact) mass is 362 g/mol. The molecular weight excluding hydrogens is 339 g/mol. The second kappa shape index (κ2) is 8.45. The second-order valence-electron chi connectivity index (χ2n) is 6.69. The number of hydrogen-bond donors (Lipinski definition) is 0. The van der Waals surface area contributed by atoms with E-state index in [1.165, 1.54) is 12.1 Å². The molecule has 0 aromatic heterocycles. The fourth-order valence-electron chi connectivity index (χ4n) is 2.01. The van der Waals surface area contributed by atoms with Crippen molar-refractivity contribution in [1.29, 1.82) is 0 Å². The Hall–Kier alpha value is -1.92. The van der Waals surface area contributed by atoms with Crippen LogP contribution < -0.4 is 4.74 Å². The summed E-state index contributed by atoms with van der Waals surface area (Å²) in [6.45, 7) is 7.61. The second-order valence-corrected chi connectivity index (χ2v) is 8.58. The van der Waals surface area contributed by atoms with E-state index in [0.717, 1.165) is 5.56 Å². The molecule has 0 heterocycles. The molecule has 0 aliphatic heterocycles. The summed E-state index contributed by atoms with van der Waals surface area (Å²) in [6, 6.07) is 13.6. The summed E-state index contributed by atoms with van der Waals surface area (Å²) in [5.41, 5.74) is 1.59. The van der Waals surface area contributed by atoms with Gasteiger partial charge in [-0.2, -0.15) is 0 Å². The molecule has 134 valence electrons. The van der Waals surface area contributed by atoms with Crippen LogP contribution in [0.4, 0.5) is 4.39 Å². The standard InChI is InChI=1S/C19H23FN2O2S/c1-14(21-22-25(23)19(2,3)4)17-12-16(20)10-11-18(17)24-13-15-8-6-5-7-9-15/h5-12,14H,13H2,1-4H3/t14-,25?/m0/s1. The van der Waals surface area contributed by atoms with Gasteiger partial charge in [-0.3, -0.25) is 0 Å². The minimum absolute atomic E-state index is 0.372. The average Bonchev–Trinajstić information content (AvgIpc) is 2.58. The van der Waals surface area contributed by atoms with Crippen LogP contribution in [0.15, 0.2) is 58.2 Å². The van der Waals surface area contributed by atoms with Gasteiger partial charge in [-0.15, -0.1) is 5.11 Å². The van der Waals surface area contributed by atoms with Gasteiger partial charge in [0.1, 0.15) is 40.3 Å². The minimum Gasteiger partial charge on any atom is -0.589 e. The summed E-state index contributed by atoms with van der Waals surface area (Å²) in [6.07, 6.45) is 0. The third-order valence-electron chi connectivity index (χ3n) is 3.48. The molecule has 4 nitrogen and oxygen atoms in total. The lowest BCUT2D eigenvalue weighted by atomic mass is 10.1. The molecule has 2 aromatic rings. The molecule has 0 saturated carbocycles. The molecule has 6 heteroatoms. The van der Waals surface area contributed by atoms with Crippen molar-refractivity contribution in [2.24, 2.45) is 9.63 Å². The Bertz CT molecular complexity index is 717. The molecule has 0 amide bonds. The molecule has 0 spiro atoms. The lowest BCUT2D eigenvalue weighted by Crippen LogP contribution is -2.25. The number of halogens is 1. The van der Waals surface area contributed by atoms with E-state index in [0.29, 0.717) is 17.9 Å². The zero-order valence-corrected chi connectivity index (χ0v) is 15.7. The van der Waals surface area contributed by atoms with Crippen LogP contribution in [0.3, 0.4) is 0 Å². The molecule has 0 fully saturated rings. The molecule has 0 radical (unpaired) electrons. The summed E-state index contributed by atoms with van der Waals surface area (Å²) in [7, 11) is 0. The SMILES string of the molecule is C[C@H](N=N[S+]([O-])C(C)(C)C)c1cc(F)ccc1OCc1ccccc1. The van der Waals surface area contributed by atoms with Crippen molar-refractivity contribution in [3.63, 3.8) is 0 Å². The Balaban J connectivity index is 2.16. The molecule has 0 aliphatic carbocycles. The normalized spacial score (nSPS) is 14.5. The van der Waals surface area contributed by atoms with E-state index in [2.05, 4.69) is 9.63 Å². The highest BCUT2D eigenvalue weighted by Crippen LogP contribution is 2.30. The number of nitrogens with zero attached hydrogens (tertiary/aromatic N) is 2. The van der Waals surface area contributed by atoms with Crippen LogP contribution in [0, 0.1) is 5.82 Å². The van der Waals surface area contributed by atoms with Gasteiger partial charge in [-0.1, -0.05) is 30.3 Å². The first kappa shape index (κ1) is 19.4. The Morgan fingerprint density at radius 3 is 2.48 bits per heavy atom. The first-order valence-corrected chi connectivity index (χ1v) is 9.17. The smallest absolute Gasteiger partial charge is 0.146 e. The molecule has 2 atom stereocenters. The molecule has 25 heavy (non-hydrogen) atoms. The molecule has 0 bridgehead atoms. The van der Waals surface area contributed by atoms with Crippen molar-refractivity contribution in [1.82, 2.24) is 0 Å². The molecule has 0 N–H and O–H groups in total. The summed E-state index contributed by atoms with van der Waals surface area (Å²) in [5.74, 6) is 0.166. The van der Waals surface area contributed by atoms with E-state index in [1.54, 1.807) is 13.0 Å². The van der Waals surface area contributed by atoms with Gasteiger partial charge in [0.25, 0.3) is 0 Å². The predicted molar refractivity (Wildman–Crippen MR) is 98.3 cm³/mol. The van der Waals surface area contributed by atoms with Crippen LogP contribution in [0.5, 0.6) is 5.75 Å². The first-order valence-electron chi connectivity index (χ1n) is 8.06. The van der Waals surface area contributed by atoms with Gasteiger partial charge in [0, 0.05) is 10.1 Å². The van der Waals surface area contributed by atoms with Crippen molar-refractivity contribution in [2.45, 2.75) is 45.1 Å². The minimum atomic E-state index is -1.45. The van der Waals surface area contributed by atoms with Gasteiger partial charge < -0.3 is 9.29 Å². The van der Waals surface area contributed by atoms with Crippen LogP contribution >= 0.6 is 0 Å². The zero-order valence-electron chi connectivity index (χ0n) is 14.9. The molecule has 2 aromatic carbocycles. The van der Waals surface area contributed by atoms with Gasteiger partial charge in [-0.25, -0.2) is 4.39 Å². The van der Waals surface area contributed by atoms with Crippen LogP contribution in [-0.4, -0.2) is 9.30 Å². The van der Waals surface area contributed by atoms with Gasteiger partial charge >= 0.3 is 0 Å². The maximum absolute atomic E-state index is 13.7. The maximum Gasteiger partial charge on any atom is 0.146 e. The third-order valence-corrected chi connectivity index (χ3v) is 4.77. The van der Waals surface area contributed by atoms with Gasteiger partial charge in [0.15, 0.2) is 0 Å². The number of benzene rings is 2. The first-order chi connectivity index (χ1) is 11.8. The lowest BCUT2D eigenvalue weighted by Gasteiger charge is -2.18. The fraction of sp³-hybridized carbons (Fsp3) is 0.368. The largest absolute Gasteiger partial charge is 0.589 e. The summed E-state index contributed by atoms with van der Waals surface area (Å²) in [5, 5.41) is 4.10. The van der Waals surface area contributed by atoms with E-state index < -0.39 is 22.2 Å². The Morgan fingerprint density at radius 1 is 1.16 bits per heavy atom. The van der Waals surface area contributed by atoms with E-state index in [9.17, 15) is 8.94 Å². The zero-order chi connectivity index (χ0) is 18.4. The predicted octanol–water partition coefficient (Wildman–Crippen LogP) is 5.38. The highest BCUT2D eigenvalue weighted by atomic mass is 32.2. The summed E-state index contributed by atoms with van der Waals surface area (Å²) in [4.78, 5) is 0. The fourth-order valence-corrected chi connectivity index (χ4v) is 2.48. The van der Waals surface area contributed by atoms with Crippen molar-refractivity contribution in [3.8, 4) is 5.75 Å². The molecular formula is C19H23FN2O2S. The molecule has 0 saturated heterocycles. The van der Waals surface area contributed by atoms with E-state index in [4.69, 9.17) is 4.74 Å². The third kappa shape index (κ3) is 5.83. The van der Waals surface area contributed by atoms with Gasteiger partial charge in [0.05, 0.1) is 0 Å². The highest BCUT2D eigenvalue weighted by molar-refractivity contribution is 7.91. The van der Waals surface area contributed by atoms with Crippen LogP contribution in [0.2, 0.25) is 0 Å². The Kier molecular flexibility index (Phi) is 6.56. The Morgan fingerprint density at radius 2 is 1.84 bits per heavy atom. The number of ether oxygens (including phenoxy) is 1. The van der Waals surface area contributed by atoms with Crippen molar-refractivity contribution >= 4 is 11.4 Å². The summed E-state index contributed by atoms with van der Waals surface area (Å²) < 4.78 is 34.9. The number of hydrogen-bond acceptors (Lipinski definition) is 4. The van der Waals surface area contributed by atoms with E-state index in [1.807, 2.05) is 51.1 Å². The quantitative estimate of drug-likeness (QED) is 0.512. The van der Waals surface area contributed by atoms with E-state index in [-0.39, 0.29) is 5.82 Å². The topological polar surface area (TPSA) is 57.0 Å². The van der Waals surface area contributed by atoms with Crippen molar-refractivity contribution in [3.05, 3.63) is 65.5 Å². The van der Waals surface area contributed by atoms with Crippen molar-refractivity contribution < 1.29 is 13.7 Å². The molecule has 1 unspecified atom stereocenters. The molecule has 2 rings (SSSR count). The average molecular weight is 362 g/mol. The van der Waals surface area contributed by atoms with E-state index >= 15 is 0 Å². The Labute approximate surface area is 151 Å². The van der Waals surface area contributed by atoms with Crippen molar-refractivity contribution in [2.75, 3.05) is 0 Å².